The molecule has 0 bridgehead atoms. The number of allylic oxidation sites excluding steroid dienone is 6. The molecule has 0 radical (unpaired) electrons. The van der Waals surface area contributed by atoms with E-state index in [2.05, 4.69) is 0 Å². The summed E-state index contributed by atoms with van der Waals surface area (Å²) in [5, 5.41) is 0. The minimum absolute atomic E-state index is 0.212. The second-order valence-electron chi connectivity index (χ2n) is 1.58. The maximum absolute atomic E-state index is 12.3. The molecule has 50 valence electrons. The Labute approximate surface area is 55.4 Å². The van der Waals surface area contributed by atoms with Crippen LogP contribution in [0.25, 0.3) is 0 Å². The van der Waals surface area contributed by atoms with Crippen molar-refractivity contribution in [3.05, 3.63) is 36.2 Å². The van der Waals surface area contributed by atoms with Crippen LogP contribution in [-0.4, -0.2) is 0 Å². The molecule has 0 aromatic heterocycles. The SMILES string of the molecule is CC=CC=C(F)C=CC. The van der Waals surface area contributed by atoms with Gasteiger partial charge in [-0.1, -0.05) is 18.2 Å². The third-order valence-corrected chi connectivity index (χ3v) is 0.774. The minimum Gasteiger partial charge on any atom is -0.207 e. The first-order valence-corrected chi connectivity index (χ1v) is 2.92. The van der Waals surface area contributed by atoms with Gasteiger partial charge in [-0.25, -0.2) is 4.39 Å². The summed E-state index contributed by atoms with van der Waals surface area (Å²) in [6.45, 7) is 3.63. The van der Waals surface area contributed by atoms with Gasteiger partial charge in [-0.3, -0.25) is 0 Å². The summed E-state index contributed by atoms with van der Waals surface area (Å²) in [6, 6.07) is 0. The monoisotopic (exact) mass is 126 g/mol. The third-order valence-electron chi connectivity index (χ3n) is 0.774. The molecule has 0 N–H and O–H groups in total. The third kappa shape index (κ3) is 5.01. The van der Waals surface area contributed by atoms with Crippen LogP contribution in [0.2, 0.25) is 0 Å². The molecule has 0 aliphatic heterocycles. The second-order valence-corrected chi connectivity index (χ2v) is 1.58. The summed E-state index contributed by atoms with van der Waals surface area (Å²) >= 11 is 0. The highest BCUT2D eigenvalue weighted by atomic mass is 19.1. The predicted octanol–water partition coefficient (Wildman–Crippen LogP) is 2.99. The van der Waals surface area contributed by atoms with Crippen LogP contribution >= 0.6 is 0 Å². The first-order chi connectivity index (χ1) is 4.31. The van der Waals surface area contributed by atoms with Gasteiger partial charge in [-0.2, -0.15) is 0 Å². The molecule has 0 amide bonds. The molecule has 0 saturated heterocycles. The van der Waals surface area contributed by atoms with Crippen LogP contribution in [0.4, 0.5) is 4.39 Å². The van der Waals surface area contributed by atoms with Crippen LogP contribution in [0.1, 0.15) is 13.8 Å². The van der Waals surface area contributed by atoms with Crippen molar-refractivity contribution < 1.29 is 4.39 Å². The molecule has 0 fully saturated rings. The second kappa shape index (κ2) is 5.29. The lowest BCUT2D eigenvalue weighted by atomic mass is 10.4. The molecule has 9 heavy (non-hydrogen) atoms. The minimum atomic E-state index is -0.212. The molecule has 0 aromatic carbocycles. The first kappa shape index (κ1) is 8.15. The number of hydrogen-bond donors (Lipinski definition) is 0. The smallest absolute Gasteiger partial charge is 0.122 e. The van der Waals surface area contributed by atoms with E-state index in [0.29, 0.717) is 0 Å². The van der Waals surface area contributed by atoms with Crippen LogP contribution in [-0.2, 0) is 0 Å². The maximum atomic E-state index is 12.3. The van der Waals surface area contributed by atoms with Gasteiger partial charge in [0.1, 0.15) is 5.83 Å². The fourth-order valence-corrected chi connectivity index (χ4v) is 0.403. The van der Waals surface area contributed by atoms with E-state index in [0.717, 1.165) is 0 Å². The van der Waals surface area contributed by atoms with E-state index in [1.165, 1.54) is 12.2 Å². The molecule has 0 heterocycles. The van der Waals surface area contributed by atoms with Crippen LogP contribution in [0, 0.1) is 0 Å². The Morgan fingerprint density at radius 2 is 1.89 bits per heavy atom. The van der Waals surface area contributed by atoms with Crippen molar-refractivity contribution in [3.8, 4) is 0 Å². The fraction of sp³-hybridized carbons (Fsp3) is 0.250. The summed E-state index contributed by atoms with van der Waals surface area (Å²) in [6.07, 6.45) is 7.94. The molecule has 0 rings (SSSR count). The Morgan fingerprint density at radius 1 is 1.22 bits per heavy atom. The van der Waals surface area contributed by atoms with Crippen LogP contribution in [0.5, 0.6) is 0 Å². The Balaban J connectivity index is 3.84. The molecular weight excluding hydrogens is 115 g/mol. The van der Waals surface area contributed by atoms with Gasteiger partial charge in [-0.15, -0.1) is 0 Å². The Hall–Kier alpha value is -0.850. The highest BCUT2D eigenvalue weighted by Crippen LogP contribution is 1.97. The quantitative estimate of drug-likeness (QED) is 0.499. The number of hydrogen-bond acceptors (Lipinski definition) is 0. The molecule has 0 atom stereocenters. The normalized spacial score (nSPS) is 13.9. The Bertz CT molecular complexity index is 141. The average molecular weight is 126 g/mol. The van der Waals surface area contributed by atoms with Gasteiger partial charge in [0, 0.05) is 0 Å². The van der Waals surface area contributed by atoms with Crippen molar-refractivity contribution in [1.82, 2.24) is 0 Å². The van der Waals surface area contributed by atoms with Crippen LogP contribution < -0.4 is 0 Å². The van der Waals surface area contributed by atoms with Crippen molar-refractivity contribution in [2.24, 2.45) is 0 Å². The Morgan fingerprint density at radius 3 is 2.33 bits per heavy atom. The molecule has 0 spiro atoms. The van der Waals surface area contributed by atoms with Crippen molar-refractivity contribution in [3.63, 3.8) is 0 Å². The maximum Gasteiger partial charge on any atom is 0.122 e. The predicted molar refractivity (Wildman–Crippen MR) is 38.8 cm³/mol. The van der Waals surface area contributed by atoms with Crippen molar-refractivity contribution in [1.29, 1.82) is 0 Å². The summed E-state index contributed by atoms with van der Waals surface area (Å²) in [4.78, 5) is 0. The average Bonchev–Trinajstić information content (AvgIpc) is 1.85. The molecule has 0 aromatic rings. The van der Waals surface area contributed by atoms with E-state index in [1.807, 2.05) is 6.92 Å². The zero-order chi connectivity index (χ0) is 7.11. The fourth-order valence-electron chi connectivity index (χ4n) is 0.403. The van der Waals surface area contributed by atoms with E-state index >= 15 is 0 Å². The first-order valence-electron chi connectivity index (χ1n) is 2.92. The van der Waals surface area contributed by atoms with Gasteiger partial charge in [0.2, 0.25) is 0 Å². The van der Waals surface area contributed by atoms with Crippen molar-refractivity contribution >= 4 is 0 Å². The molecule has 0 saturated carbocycles. The van der Waals surface area contributed by atoms with Gasteiger partial charge < -0.3 is 0 Å². The van der Waals surface area contributed by atoms with E-state index < -0.39 is 0 Å². The highest BCUT2D eigenvalue weighted by molar-refractivity contribution is 5.16. The van der Waals surface area contributed by atoms with Crippen molar-refractivity contribution in [2.45, 2.75) is 13.8 Å². The van der Waals surface area contributed by atoms with Gasteiger partial charge in [0.25, 0.3) is 0 Å². The summed E-state index contributed by atoms with van der Waals surface area (Å²) in [5.41, 5.74) is 0. The highest BCUT2D eigenvalue weighted by Gasteiger charge is 1.78. The van der Waals surface area contributed by atoms with Gasteiger partial charge in [-0.05, 0) is 26.0 Å². The Kier molecular flexibility index (Phi) is 4.79. The van der Waals surface area contributed by atoms with Crippen LogP contribution in [0.15, 0.2) is 36.2 Å². The standard InChI is InChI=1S/C8H11F/c1-3-5-7-8(9)6-4-2/h3-7H,1-2H3. The van der Waals surface area contributed by atoms with E-state index in [1.54, 1.807) is 25.2 Å². The topological polar surface area (TPSA) is 0 Å². The lowest BCUT2D eigenvalue weighted by Crippen LogP contribution is -1.60. The molecule has 0 aliphatic rings. The largest absolute Gasteiger partial charge is 0.207 e. The summed E-state index contributed by atoms with van der Waals surface area (Å²) in [5.74, 6) is -0.212. The van der Waals surface area contributed by atoms with E-state index in [-0.39, 0.29) is 5.83 Å². The van der Waals surface area contributed by atoms with E-state index in [9.17, 15) is 4.39 Å². The zero-order valence-corrected chi connectivity index (χ0v) is 5.76. The zero-order valence-electron chi connectivity index (χ0n) is 5.76. The molecule has 1 heteroatoms. The molecule has 0 aliphatic carbocycles. The summed E-state index contributed by atoms with van der Waals surface area (Å²) < 4.78 is 12.3. The van der Waals surface area contributed by atoms with Gasteiger partial charge in [0.05, 0.1) is 0 Å². The van der Waals surface area contributed by atoms with Crippen LogP contribution in [0.3, 0.4) is 0 Å². The lowest BCUT2D eigenvalue weighted by molar-refractivity contribution is 0.667. The molecule has 0 nitrogen and oxygen atoms in total. The lowest BCUT2D eigenvalue weighted by Gasteiger charge is -1.78. The number of rotatable bonds is 2. The van der Waals surface area contributed by atoms with Crippen molar-refractivity contribution in [2.75, 3.05) is 0 Å². The van der Waals surface area contributed by atoms with Gasteiger partial charge >= 0.3 is 0 Å². The summed E-state index contributed by atoms with van der Waals surface area (Å²) in [7, 11) is 0. The molecule has 0 unspecified atom stereocenters. The van der Waals surface area contributed by atoms with Gasteiger partial charge in [0.15, 0.2) is 0 Å². The molecular formula is C8H11F. The number of halogens is 1. The van der Waals surface area contributed by atoms with E-state index in [4.69, 9.17) is 0 Å².